The number of rotatable bonds is 3. The van der Waals surface area contributed by atoms with Crippen molar-refractivity contribution in [3.05, 3.63) is 54.6 Å². The number of aromatic nitrogens is 2. The van der Waals surface area contributed by atoms with Crippen LogP contribution in [0.1, 0.15) is 13.3 Å². The molecule has 0 radical (unpaired) electrons. The van der Waals surface area contributed by atoms with Crippen LogP contribution in [0.5, 0.6) is 0 Å². The molecular formula is C21H20FN5O2. The summed E-state index contributed by atoms with van der Waals surface area (Å²) in [5.74, 6) is -0.461. The Bertz CT molecular complexity index is 1100. The Morgan fingerprint density at radius 2 is 2.03 bits per heavy atom. The van der Waals surface area contributed by atoms with Crippen LogP contribution in [-0.4, -0.2) is 41.4 Å². The molecule has 0 bridgehead atoms. The number of para-hydroxylation sites is 2. The van der Waals surface area contributed by atoms with E-state index in [-0.39, 0.29) is 36.2 Å². The number of hydrogen-bond donors (Lipinski definition) is 1. The van der Waals surface area contributed by atoms with E-state index in [0.717, 1.165) is 0 Å². The molecule has 1 atom stereocenters. The first-order chi connectivity index (χ1) is 14.0. The highest BCUT2D eigenvalue weighted by molar-refractivity contribution is 6.06. The number of carbonyl (C=O) groups excluding carboxylic acids is 2. The van der Waals surface area contributed by atoms with Gasteiger partial charge in [-0.15, -0.1) is 0 Å². The van der Waals surface area contributed by atoms with Crippen molar-refractivity contribution in [2.75, 3.05) is 28.7 Å². The number of nitrogens with one attached hydrogen (secondary N) is 1. The number of likely N-dealkylation sites (N-methyl/N-ethyl adjacent to an activating group) is 1. The standard InChI is InChI=1S/C21H20FN5O2/c1-13-10-18(28)25-15-7-3-4-9-17(15)27(13)19(29)11-26(2)21-20-14(22)6-5-8-16(20)23-12-24-21/h3-9,12-13H,10-11H2,1-2H3,(H,25,28). The Morgan fingerprint density at radius 3 is 2.86 bits per heavy atom. The van der Waals surface area contributed by atoms with E-state index in [9.17, 15) is 14.0 Å². The summed E-state index contributed by atoms with van der Waals surface area (Å²) >= 11 is 0. The van der Waals surface area contributed by atoms with E-state index in [1.807, 2.05) is 13.0 Å². The fraction of sp³-hybridized carbons (Fsp3) is 0.238. The number of hydrogen-bond acceptors (Lipinski definition) is 5. The van der Waals surface area contributed by atoms with E-state index in [0.29, 0.717) is 22.7 Å². The molecule has 1 unspecified atom stereocenters. The molecule has 1 aromatic heterocycles. The van der Waals surface area contributed by atoms with Crippen molar-refractivity contribution in [3.63, 3.8) is 0 Å². The van der Waals surface area contributed by atoms with Crippen molar-refractivity contribution in [2.24, 2.45) is 0 Å². The smallest absolute Gasteiger partial charge is 0.246 e. The van der Waals surface area contributed by atoms with Crippen LogP contribution in [0.4, 0.5) is 21.6 Å². The van der Waals surface area contributed by atoms with Gasteiger partial charge in [0.15, 0.2) is 0 Å². The maximum absolute atomic E-state index is 14.4. The number of anilines is 3. The number of fused-ring (bicyclic) bond motifs is 2. The largest absolute Gasteiger partial charge is 0.350 e. The molecule has 1 N–H and O–H groups in total. The summed E-state index contributed by atoms with van der Waals surface area (Å²) in [6.07, 6.45) is 1.54. The molecule has 0 aliphatic carbocycles. The molecule has 148 valence electrons. The van der Waals surface area contributed by atoms with Gasteiger partial charge < -0.3 is 15.1 Å². The highest BCUT2D eigenvalue weighted by Crippen LogP contribution is 2.32. The summed E-state index contributed by atoms with van der Waals surface area (Å²) in [4.78, 5) is 36.9. The highest BCUT2D eigenvalue weighted by Gasteiger charge is 2.30. The van der Waals surface area contributed by atoms with Crippen LogP contribution >= 0.6 is 0 Å². The van der Waals surface area contributed by atoms with Crippen LogP contribution in [0.15, 0.2) is 48.8 Å². The van der Waals surface area contributed by atoms with Gasteiger partial charge in [0.05, 0.1) is 28.8 Å². The fourth-order valence-electron chi connectivity index (χ4n) is 3.66. The van der Waals surface area contributed by atoms with Crippen LogP contribution in [0.2, 0.25) is 0 Å². The molecule has 0 fully saturated rings. The summed E-state index contributed by atoms with van der Waals surface area (Å²) < 4.78 is 14.4. The normalized spacial score (nSPS) is 16.2. The zero-order chi connectivity index (χ0) is 20.5. The average Bonchev–Trinajstić information content (AvgIpc) is 2.81. The van der Waals surface area contributed by atoms with E-state index in [1.165, 1.54) is 12.4 Å². The summed E-state index contributed by atoms with van der Waals surface area (Å²) in [5.41, 5.74) is 1.71. The van der Waals surface area contributed by atoms with Gasteiger partial charge in [0.2, 0.25) is 11.8 Å². The SMILES string of the molecule is CC1CC(=O)Nc2ccccc2N1C(=O)CN(C)c1ncnc2cccc(F)c12. The Balaban J connectivity index is 1.67. The minimum atomic E-state index is -0.444. The molecule has 29 heavy (non-hydrogen) atoms. The van der Waals surface area contributed by atoms with Crippen LogP contribution in [0.3, 0.4) is 0 Å². The monoisotopic (exact) mass is 393 g/mol. The van der Waals surface area contributed by atoms with Gasteiger partial charge >= 0.3 is 0 Å². The molecule has 3 aromatic rings. The van der Waals surface area contributed by atoms with Crippen molar-refractivity contribution in [1.82, 2.24) is 9.97 Å². The molecule has 8 heteroatoms. The van der Waals surface area contributed by atoms with E-state index in [2.05, 4.69) is 15.3 Å². The maximum Gasteiger partial charge on any atom is 0.246 e. The van der Waals surface area contributed by atoms with Crippen LogP contribution in [0.25, 0.3) is 10.9 Å². The van der Waals surface area contributed by atoms with E-state index in [1.54, 1.807) is 47.2 Å². The minimum absolute atomic E-state index is 0.0344. The summed E-state index contributed by atoms with van der Waals surface area (Å²) in [7, 11) is 1.68. The zero-order valence-corrected chi connectivity index (χ0v) is 16.1. The average molecular weight is 393 g/mol. The van der Waals surface area contributed by atoms with Crippen molar-refractivity contribution in [2.45, 2.75) is 19.4 Å². The van der Waals surface area contributed by atoms with Crippen molar-refractivity contribution in [3.8, 4) is 0 Å². The zero-order valence-electron chi connectivity index (χ0n) is 16.1. The second-order valence-corrected chi connectivity index (χ2v) is 7.07. The first-order valence-corrected chi connectivity index (χ1v) is 9.27. The number of halogens is 1. The third-order valence-corrected chi connectivity index (χ3v) is 4.95. The lowest BCUT2D eigenvalue weighted by atomic mass is 10.1. The molecule has 1 aliphatic heterocycles. The van der Waals surface area contributed by atoms with Gasteiger partial charge in [0, 0.05) is 19.5 Å². The Labute approximate surface area is 167 Å². The molecule has 7 nitrogen and oxygen atoms in total. The summed E-state index contributed by atoms with van der Waals surface area (Å²) in [6, 6.07) is 11.5. The molecule has 1 aliphatic rings. The molecule has 0 saturated carbocycles. The van der Waals surface area contributed by atoms with E-state index >= 15 is 0 Å². The molecular weight excluding hydrogens is 373 g/mol. The minimum Gasteiger partial charge on any atom is -0.350 e. The quantitative estimate of drug-likeness (QED) is 0.740. The van der Waals surface area contributed by atoms with Gasteiger partial charge in [-0.1, -0.05) is 18.2 Å². The summed E-state index contributed by atoms with van der Waals surface area (Å²) in [6.45, 7) is 1.80. The maximum atomic E-state index is 14.4. The first kappa shape index (κ1) is 18.8. The van der Waals surface area contributed by atoms with E-state index in [4.69, 9.17) is 0 Å². The molecule has 2 heterocycles. The molecule has 2 aromatic carbocycles. The number of nitrogens with zero attached hydrogens (tertiary/aromatic N) is 4. The van der Waals surface area contributed by atoms with E-state index < -0.39 is 5.82 Å². The lowest BCUT2D eigenvalue weighted by Gasteiger charge is -2.30. The first-order valence-electron chi connectivity index (χ1n) is 9.27. The van der Waals surface area contributed by atoms with Crippen molar-refractivity contribution in [1.29, 1.82) is 0 Å². The van der Waals surface area contributed by atoms with Gasteiger partial charge in [-0.05, 0) is 31.2 Å². The Morgan fingerprint density at radius 1 is 1.24 bits per heavy atom. The second kappa shape index (κ2) is 7.46. The Kier molecular flexibility index (Phi) is 4.84. The number of carbonyl (C=O) groups is 2. The number of amides is 2. The lowest BCUT2D eigenvalue weighted by molar-refractivity contribution is -0.118. The topological polar surface area (TPSA) is 78.4 Å². The predicted molar refractivity (Wildman–Crippen MR) is 109 cm³/mol. The third kappa shape index (κ3) is 3.49. The molecule has 0 saturated heterocycles. The fourth-order valence-corrected chi connectivity index (χ4v) is 3.66. The van der Waals surface area contributed by atoms with Crippen LogP contribution in [0, 0.1) is 5.82 Å². The Hall–Kier alpha value is -3.55. The molecule has 4 rings (SSSR count). The molecule has 0 spiro atoms. The van der Waals surface area contributed by atoms with Gasteiger partial charge in [-0.25, -0.2) is 14.4 Å². The second-order valence-electron chi connectivity index (χ2n) is 7.07. The van der Waals surface area contributed by atoms with Gasteiger partial charge in [0.1, 0.15) is 18.0 Å². The van der Waals surface area contributed by atoms with Crippen molar-refractivity contribution < 1.29 is 14.0 Å². The highest BCUT2D eigenvalue weighted by atomic mass is 19.1. The predicted octanol–water partition coefficient (Wildman–Crippen LogP) is 2.97. The summed E-state index contributed by atoms with van der Waals surface area (Å²) in [5, 5.41) is 3.11. The lowest BCUT2D eigenvalue weighted by Crippen LogP contribution is -2.44. The van der Waals surface area contributed by atoms with Gasteiger partial charge in [-0.3, -0.25) is 9.59 Å². The van der Waals surface area contributed by atoms with Crippen LogP contribution < -0.4 is 15.1 Å². The van der Waals surface area contributed by atoms with Crippen molar-refractivity contribution >= 4 is 39.9 Å². The number of benzene rings is 2. The van der Waals surface area contributed by atoms with Crippen LogP contribution in [-0.2, 0) is 9.59 Å². The third-order valence-electron chi connectivity index (χ3n) is 4.95. The molecule has 2 amide bonds. The van der Waals surface area contributed by atoms with Gasteiger partial charge in [-0.2, -0.15) is 0 Å². The van der Waals surface area contributed by atoms with Gasteiger partial charge in [0.25, 0.3) is 0 Å².